The third-order valence-electron chi connectivity index (χ3n) is 3.79. The molecule has 0 radical (unpaired) electrons. The van der Waals surface area contributed by atoms with E-state index in [1.807, 2.05) is 43.6 Å². The zero-order valence-corrected chi connectivity index (χ0v) is 16.3. The van der Waals surface area contributed by atoms with Gasteiger partial charge in [0.15, 0.2) is 0 Å². The minimum atomic E-state index is -0.472. The normalized spacial score (nSPS) is 15.9. The van der Waals surface area contributed by atoms with Gasteiger partial charge in [0.25, 0.3) is 0 Å². The summed E-state index contributed by atoms with van der Waals surface area (Å²) in [5.74, 6) is 0.975. The fourth-order valence-electron chi connectivity index (χ4n) is 2.64. The van der Waals surface area contributed by atoms with Crippen LogP contribution in [0.4, 0.5) is 10.6 Å². The molecule has 1 aliphatic rings. The summed E-state index contributed by atoms with van der Waals surface area (Å²) in [5, 5.41) is 0.633. The zero-order chi connectivity index (χ0) is 17.5. The summed E-state index contributed by atoms with van der Waals surface area (Å²) < 4.78 is 8.22. The van der Waals surface area contributed by atoms with Crippen LogP contribution in [0.3, 0.4) is 0 Å². The first kappa shape index (κ1) is 17.4. The maximum absolute atomic E-state index is 12.1. The fourth-order valence-corrected chi connectivity index (χ4v) is 3.10. The van der Waals surface area contributed by atoms with E-state index in [9.17, 15) is 4.79 Å². The van der Waals surface area contributed by atoms with Gasteiger partial charge in [-0.05, 0) is 42.8 Å². The number of carbonyl (C=O) groups is 1. The number of hydrogen-bond donors (Lipinski definition) is 0. The zero-order valence-electron chi connectivity index (χ0n) is 13.9. The molecular weight excluding hydrogens is 396 g/mol. The van der Waals surface area contributed by atoms with Gasteiger partial charge in [-0.25, -0.2) is 9.78 Å². The van der Waals surface area contributed by atoms with Gasteiger partial charge in [-0.2, -0.15) is 0 Å². The van der Waals surface area contributed by atoms with Crippen molar-refractivity contribution in [3.8, 4) is 0 Å². The molecule has 1 amide bonds. The molecule has 0 aromatic carbocycles. The molecule has 24 heavy (non-hydrogen) atoms. The van der Waals surface area contributed by atoms with Crippen LogP contribution in [-0.2, 0) is 4.74 Å². The van der Waals surface area contributed by atoms with Gasteiger partial charge in [-0.15, -0.1) is 0 Å². The highest BCUT2D eigenvalue weighted by Gasteiger charge is 2.27. The fraction of sp³-hybridized carbons (Fsp3) is 0.500. The third-order valence-corrected chi connectivity index (χ3v) is 4.97. The van der Waals surface area contributed by atoms with Gasteiger partial charge in [0.1, 0.15) is 17.1 Å². The maximum atomic E-state index is 12.1. The molecule has 0 bridgehead atoms. The van der Waals surface area contributed by atoms with Crippen LogP contribution in [0.2, 0.25) is 5.02 Å². The molecule has 0 saturated carbocycles. The first-order valence-corrected chi connectivity index (χ1v) is 8.97. The largest absolute Gasteiger partial charge is 0.444 e. The smallest absolute Gasteiger partial charge is 0.410 e. The van der Waals surface area contributed by atoms with Crippen LogP contribution in [0.5, 0.6) is 0 Å². The van der Waals surface area contributed by atoms with Gasteiger partial charge in [0, 0.05) is 36.8 Å². The lowest BCUT2D eigenvalue weighted by Gasteiger charge is -2.36. The number of imidazole rings is 1. The van der Waals surface area contributed by atoms with Gasteiger partial charge < -0.3 is 14.5 Å². The third kappa shape index (κ3) is 3.62. The van der Waals surface area contributed by atoms with E-state index in [1.54, 1.807) is 4.90 Å². The van der Waals surface area contributed by atoms with Crippen molar-refractivity contribution < 1.29 is 9.53 Å². The van der Waals surface area contributed by atoms with Crippen molar-refractivity contribution in [1.29, 1.82) is 0 Å². The van der Waals surface area contributed by atoms with E-state index in [1.165, 1.54) is 0 Å². The quantitative estimate of drug-likeness (QED) is 0.711. The number of amides is 1. The summed E-state index contributed by atoms with van der Waals surface area (Å²) in [6, 6.07) is 1.89. The highest BCUT2D eigenvalue weighted by molar-refractivity contribution is 9.10. The van der Waals surface area contributed by atoms with E-state index in [4.69, 9.17) is 16.3 Å². The predicted octanol–water partition coefficient (Wildman–Crippen LogP) is 3.81. The van der Waals surface area contributed by atoms with Crippen LogP contribution in [0, 0.1) is 0 Å². The Morgan fingerprint density at radius 3 is 2.58 bits per heavy atom. The Hall–Kier alpha value is -1.47. The molecule has 1 saturated heterocycles. The van der Waals surface area contributed by atoms with E-state index < -0.39 is 5.60 Å². The second-order valence-electron chi connectivity index (χ2n) is 6.77. The Morgan fingerprint density at radius 2 is 1.96 bits per heavy atom. The standard InChI is InChI=1S/C16H20BrClN4O2/c1-16(2,3)24-15(23)21-6-4-20(5-7-21)14-9-19-13-8-11(17)12(18)10-22(13)14/h8-10H,4-7H2,1-3H3. The molecule has 1 aliphatic heterocycles. The minimum absolute atomic E-state index is 0.257. The van der Waals surface area contributed by atoms with Crippen molar-refractivity contribution in [2.24, 2.45) is 0 Å². The van der Waals surface area contributed by atoms with Gasteiger partial charge in [0.2, 0.25) is 0 Å². The number of ether oxygens (including phenoxy) is 1. The summed E-state index contributed by atoms with van der Waals surface area (Å²) >= 11 is 9.61. The van der Waals surface area contributed by atoms with Crippen LogP contribution in [-0.4, -0.2) is 52.2 Å². The Labute approximate surface area is 154 Å². The number of pyridine rings is 1. The maximum Gasteiger partial charge on any atom is 0.410 e. The van der Waals surface area contributed by atoms with Crippen LogP contribution >= 0.6 is 27.5 Å². The Balaban J connectivity index is 1.71. The number of carbonyl (C=O) groups excluding carboxylic acids is 1. The molecular formula is C16H20BrClN4O2. The van der Waals surface area contributed by atoms with Crippen molar-refractivity contribution in [2.75, 3.05) is 31.1 Å². The topological polar surface area (TPSA) is 50.1 Å². The molecule has 3 heterocycles. The molecule has 0 aliphatic carbocycles. The summed E-state index contributed by atoms with van der Waals surface area (Å²) in [4.78, 5) is 20.5. The highest BCUT2D eigenvalue weighted by atomic mass is 79.9. The average molecular weight is 416 g/mol. The number of piperazine rings is 1. The van der Waals surface area contributed by atoms with E-state index in [2.05, 4.69) is 25.8 Å². The lowest BCUT2D eigenvalue weighted by Crippen LogP contribution is -2.50. The predicted molar refractivity (Wildman–Crippen MR) is 97.9 cm³/mol. The summed E-state index contributed by atoms with van der Waals surface area (Å²) in [6.45, 7) is 8.31. The molecule has 6 nitrogen and oxygen atoms in total. The second kappa shape index (κ2) is 6.44. The van der Waals surface area contributed by atoms with E-state index in [0.29, 0.717) is 18.1 Å². The second-order valence-corrected chi connectivity index (χ2v) is 8.03. The van der Waals surface area contributed by atoms with Crippen LogP contribution in [0.1, 0.15) is 20.8 Å². The lowest BCUT2D eigenvalue weighted by molar-refractivity contribution is 0.0240. The number of halogens is 2. The van der Waals surface area contributed by atoms with Gasteiger partial charge >= 0.3 is 6.09 Å². The van der Waals surface area contributed by atoms with Crippen LogP contribution < -0.4 is 4.90 Å². The first-order chi connectivity index (χ1) is 11.2. The number of aromatic nitrogens is 2. The SMILES string of the molecule is CC(C)(C)OC(=O)N1CCN(c2cnc3cc(Br)c(Cl)cn23)CC1. The van der Waals surface area contributed by atoms with Crippen molar-refractivity contribution in [3.05, 3.63) is 28.0 Å². The van der Waals surface area contributed by atoms with Crippen LogP contribution in [0.25, 0.3) is 5.65 Å². The molecule has 0 spiro atoms. The molecule has 0 N–H and O–H groups in total. The summed E-state index contributed by atoms with van der Waals surface area (Å²) in [5.41, 5.74) is 0.357. The number of fused-ring (bicyclic) bond motifs is 1. The van der Waals surface area contributed by atoms with Crippen molar-refractivity contribution in [1.82, 2.24) is 14.3 Å². The van der Waals surface area contributed by atoms with Crippen molar-refractivity contribution in [2.45, 2.75) is 26.4 Å². The number of hydrogen-bond acceptors (Lipinski definition) is 4. The number of rotatable bonds is 1. The lowest BCUT2D eigenvalue weighted by atomic mass is 10.2. The van der Waals surface area contributed by atoms with Gasteiger partial charge in [-0.3, -0.25) is 4.40 Å². The van der Waals surface area contributed by atoms with Crippen molar-refractivity contribution >= 4 is 45.1 Å². The number of nitrogens with zero attached hydrogens (tertiary/aromatic N) is 4. The van der Waals surface area contributed by atoms with Gasteiger partial charge in [0.05, 0.1) is 11.2 Å². The highest BCUT2D eigenvalue weighted by Crippen LogP contribution is 2.27. The Morgan fingerprint density at radius 1 is 1.29 bits per heavy atom. The summed E-state index contributed by atoms with van der Waals surface area (Å²) in [7, 11) is 0. The first-order valence-electron chi connectivity index (χ1n) is 7.79. The minimum Gasteiger partial charge on any atom is -0.444 e. The molecule has 0 unspecified atom stereocenters. The molecule has 2 aromatic heterocycles. The Bertz CT molecular complexity index is 763. The number of anilines is 1. The van der Waals surface area contributed by atoms with Gasteiger partial charge in [-0.1, -0.05) is 11.6 Å². The molecule has 130 valence electrons. The molecule has 1 fully saturated rings. The monoisotopic (exact) mass is 414 g/mol. The van der Waals surface area contributed by atoms with E-state index in [0.717, 1.165) is 29.0 Å². The molecule has 8 heteroatoms. The Kier molecular flexibility index (Phi) is 4.66. The molecule has 0 atom stereocenters. The molecule has 3 rings (SSSR count). The summed E-state index contributed by atoms with van der Waals surface area (Å²) in [6.07, 6.45) is 3.43. The van der Waals surface area contributed by atoms with E-state index >= 15 is 0 Å². The van der Waals surface area contributed by atoms with E-state index in [-0.39, 0.29) is 6.09 Å². The van der Waals surface area contributed by atoms with Crippen molar-refractivity contribution in [3.63, 3.8) is 0 Å². The average Bonchev–Trinajstić information content (AvgIpc) is 2.89. The molecule has 2 aromatic rings. The van der Waals surface area contributed by atoms with Crippen LogP contribution in [0.15, 0.2) is 22.9 Å².